The highest BCUT2D eigenvalue weighted by atomic mass is 16.5. The van der Waals surface area contributed by atoms with Crippen LogP contribution in [0.4, 0.5) is 0 Å². The minimum Gasteiger partial charge on any atom is -0.383 e. The van der Waals surface area contributed by atoms with Crippen molar-refractivity contribution >= 4 is 0 Å². The number of nitrogens with zero attached hydrogens (tertiary/aromatic N) is 5. The van der Waals surface area contributed by atoms with Gasteiger partial charge in [-0.25, -0.2) is 0 Å². The van der Waals surface area contributed by atoms with Crippen molar-refractivity contribution < 1.29 is 9.63 Å². The molecule has 4 rings (SSSR count). The number of hydrogen-bond donors (Lipinski definition) is 1. The molecular formula is C19H21N5O2. The first-order valence-corrected chi connectivity index (χ1v) is 8.73. The van der Waals surface area contributed by atoms with Crippen LogP contribution in [-0.4, -0.2) is 43.2 Å². The van der Waals surface area contributed by atoms with Crippen LogP contribution in [0, 0.1) is 6.92 Å². The van der Waals surface area contributed by atoms with Gasteiger partial charge in [0.05, 0.1) is 12.2 Å². The zero-order valence-corrected chi connectivity index (χ0v) is 14.7. The second-order valence-electron chi connectivity index (χ2n) is 6.78. The van der Waals surface area contributed by atoms with E-state index in [-0.39, 0.29) is 0 Å². The first-order valence-electron chi connectivity index (χ1n) is 8.73. The summed E-state index contributed by atoms with van der Waals surface area (Å²) in [6.45, 7) is 4.06. The Bertz CT molecular complexity index is 855. The second kappa shape index (κ2) is 6.93. The smallest absolute Gasteiger partial charge is 0.241 e. The zero-order chi connectivity index (χ0) is 18.0. The Hall–Kier alpha value is -2.64. The van der Waals surface area contributed by atoms with E-state index < -0.39 is 5.60 Å². The van der Waals surface area contributed by atoms with Gasteiger partial charge < -0.3 is 9.63 Å². The molecule has 1 aliphatic rings. The summed E-state index contributed by atoms with van der Waals surface area (Å²) in [6, 6.07) is 7.65. The van der Waals surface area contributed by atoms with Crippen LogP contribution in [0.15, 0.2) is 47.4 Å². The van der Waals surface area contributed by atoms with Crippen molar-refractivity contribution in [1.82, 2.24) is 25.0 Å². The molecule has 7 nitrogen and oxygen atoms in total. The maximum atomic E-state index is 10.9. The zero-order valence-electron chi connectivity index (χ0n) is 14.7. The fourth-order valence-electron chi connectivity index (χ4n) is 3.20. The summed E-state index contributed by atoms with van der Waals surface area (Å²) < 4.78 is 5.37. The standard InChI is InChI=1S/C19H21N5O2/c1-14-4-5-16(21-11-14)19(25)6-9-24(10-7-19)13-17-22-18(23-26-17)15-3-2-8-20-12-15/h2-5,8,11-12,25H,6-7,9-10,13H2,1H3. The van der Waals surface area contributed by atoms with Crippen LogP contribution in [0.5, 0.6) is 0 Å². The van der Waals surface area contributed by atoms with Crippen LogP contribution < -0.4 is 0 Å². The third kappa shape index (κ3) is 3.49. The summed E-state index contributed by atoms with van der Waals surface area (Å²) in [5.41, 5.74) is 1.82. The lowest BCUT2D eigenvalue weighted by Crippen LogP contribution is -2.42. The van der Waals surface area contributed by atoms with E-state index in [1.54, 1.807) is 18.6 Å². The van der Waals surface area contributed by atoms with Crippen molar-refractivity contribution in [3.63, 3.8) is 0 Å². The molecule has 3 aromatic rings. The van der Waals surface area contributed by atoms with Crippen LogP contribution in [-0.2, 0) is 12.1 Å². The minimum atomic E-state index is -0.861. The highest BCUT2D eigenvalue weighted by Gasteiger charge is 2.35. The Morgan fingerprint density at radius 1 is 1.19 bits per heavy atom. The summed E-state index contributed by atoms with van der Waals surface area (Å²) in [6.07, 6.45) is 6.49. The molecule has 0 bridgehead atoms. The van der Waals surface area contributed by atoms with Gasteiger partial charge in [-0.15, -0.1) is 0 Å². The van der Waals surface area contributed by atoms with E-state index in [2.05, 4.69) is 25.0 Å². The van der Waals surface area contributed by atoms with Gasteiger partial charge in [-0.2, -0.15) is 4.98 Å². The first-order chi connectivity index (χ1) is 12.6. The third-order valence-electron chi connectivity index (χ3n) is 4.82. The summed E-state index contributed by atoms with van der Waals surface area (Å²) in [5, 5.41) is 14.9. The van der Waals surface area contributed by atoms with E-state index in [1.807, 2.05) is 31.2 Å². The Balaban J connectivity index is 1.38. The average Bonchev–Trinajstić information content (AvgIpc) is 3.14. The molecular weight excluding hydrogens is 330 g/mol. The molecule has 0 aromatic carbocycles. The average molecular weight is 351 g/mol. The fourth-order valence-corrected chi connectivity index (χ4v) is 3.20. The molecule has 0 spiro atoms. The Labute approximate surface area is 151 Å². The number of piperidine rings is 1. The maximum Gasteiger partial charge on any atom is 0.241 e. The molecule has 0 unspecified atom stereocenters. The van der Waals surface area contributed by atoms with Crippen molar-refractivity contribution in [2.45, 2.75) is 31.9 Å². The Morgan fingerprint density at radius 3 is 2.73 bits per heavy atom. The summed E-state index contributed by atoms with van der Waals surface area (Å²) >= 11 is 0. The second-order valence-corrected chi connectivity index (χ2v) is 6.78. The molecule has 1 N–H and O–H groups in total. The number of rotatable bonds is 4. The van der Waals surface area contributed by atoms with Crippen LogP contribution in [0.25, 0.3) is 11.4 Å². The predicted molar refractivity (Wildman–Crippen MR) is 94.9 cm³/mol. The molecule has 0 atom stereocenters. The van der Waals surface area contributed by atoms with Gasteiger partial charge in [0.25, 0.3) is 0 Å². The lowest BCUT2D eigenvalue weighted by molar-refractivity contribution is -0.0328. The van der Waals surface area contributed by atoms with Crippen molar-refractivity contribution in [2.24, 2.45) is 0 Å². The number of likely N-dealkylation sites (tertiary alicyclic amines) is 1. The molecule has 0 aliphatic carbocycles. The van der Waals surface area contributed by atoms with Crippen molar-refractivity contribution in [2.75, 3.05) is 13.1 Å². The lowest BCUT2D eigenvalue weighted by Gasteiger charge is -2.37. The van der Waals surface area contributed by atoms with Gasteiger partial charge in [-0.1, -0.05) is 11.2 Å². The topological polar surface area (TPSA) is 88.2 Å². The molecule has 1 fully saturated rings. The number of hydrogen-bond acceptors (Lipinski definition) is 7. The molecule has 4 heterocycles. The summed E-state index contributed by atoms with van der Waals surface area (Å²) in [5.74, 6) is 1.12. The van der Waals surface area contributed by atoms with Crippen molar-refractivity contribution in [3.05, 3.63) is 60.0 Å². The van der Waals surface area contributed by atoms with Gasteiger partial charge in [0.15, 0.2) is 0 Å². The number of aromatic nitrogens is 4. The number of aryl methyl sites for hydroxylation is 1. The van der Waals surface area contributed by atoms with Crippen molar-refractivity contribution in [3.8, 4) is 11.4 Å². The quantitative estimate of drug-likeness (QED) is 0.771. The van der Waals surface area contributed by atoms with E-state index in [4.69, 9.17) is 4.52 Å². The lowest BCUT2D eigenvalue weighted by atomic mass is 9.87. The largest absolute Gasteiger partial charge is 0.383 e. The summed E-state index contributed by atoms with van der Waals surface area (Å²) in [4.78, 5) is 15.1. The maximum absolute atomic E-state index is 10.9. The highest BCUT2D eigenvalue weighted by molar-refractivity contribution is 5.51. The fraction of sp³-hybridized carbons (Fsp3) is 0.368. The molecule has 0 saturated carbocycles. The summed E-state index contributed by atoms with van der Waals surface area (Å²) in [7, 11) is 0. The molecule has 0 amide bonds. The Morgan fingerprint density at radius 2 is 2.04 bits per heavy atom. The van der Waals surface area contributed by atoms with Gasteiger partial charge in [0, 0.05) is 37.2 Å². The molecule has 1 saturated heterocycles. The van der Waals surface area contributed by atoms with Gasteiger partial charge >= 0.3 is 0 Å². The van der Waals surface area contributed by atoms with E-state index in [9.17, 15) is 5.11 Å². The van der Waals surface area contributed by atoms with Gasteiger partial charge in [0.1, 0.15) is 5.60 Å². The van der Waals surface area contributed by atoms with Crippen LogP contribution >= 0.6 is 0 Å². The minimum absolute atomic E-state index is 0.547. The molecule has 1 aliphatic heterocycles. The first kappa shape index (κ1) is 16.8. The molecule has 134 valence electrons. The molecule has 7 heteroatoms. The SMILES string of the molecule is Cc1ccc(C2(O)CCN(Cc3nc(-c4cccnc4)no3)CC2)nc1. The predicted octanol–water partition coefficient (Wildman–Crippen LogP) is 2.32. The third-order valence-corrected chi connectivity index (χ3v) is 4.82. The van der Waals surface area contributed by atoms with E-state index in [0.29, 0.717) is 31.1 Å². The van der Waals surface area contributed by atoms with E-state index in [1.165, 1.54) is 0 Å². The molecule has 26 heavy (non-hydrogen) atoms. The van der Waals surface area contributed by atoms with Gasteiger partial charge in [-0.3, -0.25) is 14.9 Å². The van der Waals surface area contributed by atoms with Crippen LogP contribution in [0.1, 0.15) is 30.0 Å². The number of pyridine rings is 2. The number of aliphatic hydroxyl groups is 1. The van der Waals surface area contributed by atoms with Crippen LogP contribution in [0.2, 0.25) is 0 Å². The van der Waals surface area contributed by atoms with E-state index in [0.717, 1.165) is 29.9 Å². The van der Waals surface area contributed by atoms with Crippen molar-refractivity contribution in [1.29, 1.82) is 0 Å². The van der Waals surface area contributed by atoms with Crippen LogP contribution in [0.3, 0.4) is 0 Å². The van der Waals surface area contributed by atoms with E-state index >= 15 is 0 Å². The normalized spacial score (nSPS) is 17.3. The van der Waals surface area contributed by atoms with Gasteiger partial charge in [0.2, 0.25) is 11.7 Å². The highest BCUT2D eigenvalue weighted by Crippen LogP contribution is 2.32. The molecule has 0 radical (unpaired) electrons. The van der Waals surface area contributed by atoms with Gasteiger partial charge in [-0.05, 0) is 43.5 Å². The monoisotopic (exact) mass is 351 g/mol. The molecule has 3 aromatic heterocycles. The Kier molecular flexibility index (Phi) is 4.48.